The number of primary amides is 1. The van der Waals surface area contributed by atoms with Gasteiger partial charge in [0.25, 0.3) is 5.91 Å². The molecule has 0 spiro atoms. The van der Waals surface area contributed by atoms with Crippen LogP contribution in [0.5, 0.6) is 0 Å². The summed E-state index contributed by atoms with van der Waals surface area (Å²) in [5, 5.41) is 0. The fourth-order valence-electron chi connectivity index (χ4n) is 3.40. The topological polar surface area (TPSA) is 66.6 Å². The van der Waals surface area contributed by atoms with Crippen LogP contribution >= 0.6 is 0 Å². The van der Waals surface area contributed by atoms with Crippen molar-refractivity contribution in [1.29, 1.82) is 0 Å². The van der Waals surface area contributed by atoms with Crippen LogP contribution in [-0.4, -0.2) is 42.9 Å². The Bertz CT molecular complexity index is 580. The van der Waals surface area contributed by atoms with Gasteiger partial charge >= 0.3 is 0 Å². The van der Waals surface area contributed by atoms with Crippen molar-refractivity contribution in [3.8, 4) is 0 Å². The number of hydrogen-bond donors (Lipinski definition) is 1. The number of anilines is 1. The number of nitrogens with two attached hydrogens (primary N) is 1. The zero-order valence-corrected chi connectivity index (χ0v) is 13.7. The molecule has 2 N–H and O–H groups in total. The summed E-state index contributed by atoms with van der Waals surface area (Å²) in [5.74, 6) is -0.201. The fourth-order valence-corrected chi connectivity index (χ4v) is 3.40. The standard InChI is InChI=1S/C18H25N3O2/c1-20(15-5-2-6-15)18(23)13-7-9-16(10-8-13)21-11-3-4-14(12-21)17(19)22/h7-10,14-15H,2-6,11-12H2,1H3,(H2,19,22). The molecule has 2 amide bonds. The van der Waals surface area contributed by atoms with E-state index in [9.17, 15) is 9.59 Å². The third kappa shape index (κ3) is 3.33. The van der Waals surface area contributed by atoms with Gasteiger partial charge in [-0.25, -0.2) is 0 Å². The van der Waals surface area contributed by atoms with Gasteiger partial charge in [-0.3, -0.25) is 9.59 Å². The van der Waals surface area contributed by atoms with Crippen LogP contribution in [0.2, 0.25) is 0 Å². The molecule has 3 rings (SSSR count). The first-order chi connectivity index (χ1) is 11.1. The number of carbonyl (C=O) groups is 2. The van der Waals surface area contributed by atoms with E-state index >= 15 is 0 Å². The Labute approximate surface area is 137 Å². The minimum atomic E-state index is -0.219. The summed E-state index contributed by atoms with van der Waals surface area (Å²) in [5.41, 5.74) is 7.22. The van der Waals surface area contributed by atoms with E-state index < -0.39 is 0 Å². The molecule has 1 saturated heterocycles. The van der Waals surface area contributed by atoms with Crippen molar-refractivity contribution < 1.29 is 9.59 Å². The van der Waals surface area contributed by atoms with Crippen LogP contribution in [0.4, 0.5) is 5.69 Å². The smallest absolute Gasteiger partial charge is 0.253 e. The van der Waals surface area contributed by atoms with Crippen LogP contribution in [-0.2, 0) is 4.79 Å². The van der Waals surface area contributed by atoms with E-state index in [4.69, 9.17) is 5.73 Å². The Hall–Kier alpha value is -2.04. The van der Waals surface area contributed by atoms with Crippen molar-refractivity contribution in [2.75, 3.05) is 25.0 Å². The minimum absolute atomic E-state index is 0.0743. The summed E-state index contributed by atoms with van der Waals surface area (Å²) in [4.78, 5) is 27.9. The SMILES string of the molecule is CN(C(=O)c1ccc(N2CCCC(C(N)=O)C2)cc1)C1CCC1. The molecule has 1 saturated carbocycles. The van der Waals surface area contributed by atoms with Crippen LogP contribution in [0.3, 0.4) is 0 Å². The molecule has 0 aromatic heterocycles. The number of amides is 2. The van der Waals surface area contributed by atoms with Crippen molar-refractivity contribution >= 4 is 17.5 Å². The lowest BCUT2D eigenvalue weighted by molar-refractivity contribution is -0.122. The Balaban J connectivity index is 1.66. The summed E-state index contributed by atoms with van der Waals surface area (Å²) < 4.78 is 0. The quantitative estimate of drug-likeness (QED) is 0.924. The second-order valence-corrected chi connectivity index (χ2v) is 6.74. The number of nitrogens with zero attached hydrogens (tertiary/aromatic N) is 2. The molecule has 2 fully saturated rings. The Morgan fingerprint density at radius 2 is 1.83 bits per heavy atom. The van der Waals surface area contributed by atoms with Crippen LogP contribution < -0.4 is 10.6 Å². The number of carbonyl (C=O) groups excluding carboxylic acids is 2. The molecule has 1 aromatic carbocycles. The molecule has 1 aliphatic heterocycles. The summed E-state index contributed by atoms with van der Waals surface area (Å²) in [6.07, 6.45) is 5.29. The molecule has 1 atom stereocenters. The van der Waals surface area contributed by atoms with Crippen LogP contribution in [0, 0.1) is 5.92 Å². The second kappa shape index (κ2) is 6.60. The average molecular weight is 315 g/mol. The van der Waals surface area contributed by atoms with Crippen molar-refractivity contribution in [1.82, 2.24) is 4.90 Å². The van der Waals surface area contributed by atoms with Gasteiger partial charge in [0.05, 0.1) is 5.92 Å². The molecule has 23 heavy (non-hydrogen) atoms. The van der Waals surface area contributed by atoms with E-state index in [1.54, 1.807) is 0 Å². The molecule has 1 aliphatic carbocycles. The lowest BCUT2D eigenvalue weighted by Gasteiger charge is -2.35. The van der Waals surface area contributed by atoms with Gasteiger partial charge in [-0.2, -0.15) is 0 Å². The molecule has 0 bridgehead atoms. The van der Waals surface area contributed by atoms with E-state index in [0.29, 0.717) is 12.6 Å². The van der Waals surface area contributed by atoms with Gasteiger partial charge in [0.15, 0.2) is 0 Å². The first-order valence-electron chi connectivity index (χ1n) is 8.48. The molecule has 0 radical (unpaired) electrons. The van der Waals surface area contributed by atoms with Gasteiger partial charge in [0.1, 0.15) is 0 Å². The predicted octanol–water partition coefficient (Wildman–Crippen LogP) is 2.01. The molecule has 5 heteroatoms. The average Bonchev–Trinajstić information content (AvgIpc) is 2.52. The summed E-state index contributed by atoms with van der Waals surface area (Å²) in [7, 11) is 1.89. The van der Waals surface area contributed by atoms with Gasteiger partial charge in [0.2, 0.25) is 5.91 Å². The number of piperidine rings is 1. The fraction of sp³-hybridized carbons (Fsp3) is 0.556. The molecule has 2 aliphatic rings. The highest BCUT2D eigenvalue weighted by Crippen LogP contribution is 2.26. The number of benzene rings is 1. The van der Waals surface area contributed by atoms with E-state index in [-0.39, 0.29) is 17.7 Å². The minimum Gasteiger partial charge on any atom is -0.371 e. The van der Waals surface area contributed by atoms with Gasteiger partial charge < -0.3 is 15.5 Å². The van der Waals surface area contributed by atoms with Crippen molar-refractivity contribution in [3.63, 3.8) is 0 Å². The van der Waals surface area contributed by atoms with Crippen LogP contribution in [0.1, 0.15) is 42.5 Å². The second-order valence-electron chi connectivity index (χ2n) is 6.74. The highest BCUT2D eigenvalue weighted by molar-refractivity contribution is 5.94. The Morgan fingerprint density at radius 3 is 2.39 bits per heavy atom. The van der Waals surface area contributed by atoms with E-state index in [2.05, 4.69) is 4.90 Å². The largest absolute Gasteiger partial charge is 0.371 e. The third-order valence-corrected chi connectivity index (χ3v) is 5.25. The Morgan fingerprint density at radius 1 is 1.13 bits per heavy atom. The van der Waals surface area contributed by atoms with Crippen molar-refractivity contribution in [2.24, 2.45) is 11.7 Å². The van der Waals surface area contributed by atoms with E-state index in [1.807, 2.05) is 36.2 Å². The monoisotopic (exact) mass is 315 g/mol. The lowest BCUT2D eigenvalue weighted by atomic mass is 9.91. The summed E-state index contributed by atoms with van der Waals surface area (Å²) in [6, 6.07) is 8.14. The summed E-state index contributed by atoms with van der Waals surface area (Å²) >= 11 is 0. The maximum atomic E-state index is 12.5. The maximum absolute atomic E-state index is 12.5. The third-order valence-electron chi connectivity index (χ3n) is 5.25. The van der Waals surface area contributed by atoms with Gasteiger partial charge in [-0.05, 0) is 56.4 Å². The Kier molecular flexibility index (Phi) is 4.55. The molecule has 124 valence electrons. The molecular formula is C18H25N3O2. The predicted molar refractivity (Wildman–Crippen MR) is 90.3 cm³/mol. The maximum Gasteiger partial charge on any atom is 0.253 e. The first-order valence-corrected chi connectivity index (χ1v) is 8.48. The molecule has 1 heterocycles. The first kappa shape index (κ1) is 15.8. The van der Waals surface area contributed by atoms with Gasteiger partial charge in [-0.15, -0.1) is 0 Å². The number of hydrogen-bond acceptors (Lipinski definition) is 3. The normalized spacial score (nSPS) is 21.6. The van der Waals surface area contributed by atoms with Crippen LogP contribution in [0.25, 0.3) is 0 Å². The molecule has 1 aromatic rings. The highest BCUT2D eigenvalue weighted by atomic mass is 16.2. The molecule has 5 nitrogen and oxygen atoms in total. The molecular weight excluding hydrogens is 290 g/mol. The molecule has 1 unspecified atom stereocenters. The van der Waals surface area contributed by atoms with Gasteiger partial charge in [-0.1, -0.05) is 0 Å². The van der Waals surface area contributed by atoms with Crippen molar-refractivity contribution in [2.45, 2.75) is 38.1 Å². The van der Waals surface area contributed by atoms with Crippen LogP contribution in [0.15, 0.2) is 24.3 Å². The van der Waals surface area contributed by atoms with E-state index in [1.165, 1.54) is 6.42 Å². The zero-order valence-electron chi connectivity index (χ0n) is 13.7. The van der Waals surface area contributed by atoms with Crippen molar-refractivity contribution in [3.05, 3.63) is 29.8 Å². The highest BCUT2D eigenvalue weighted by Gasteiger charge is 2.27. The zero-order chi connectivity index (χ0) is 16.4. The van der Waals surface area contributed by atoms with E-state index in [0.717, 1.165) is 43.5 Å². The number of rotatable bonds is 4. The lowest BCUT2D eigenvalue weighted by Crippen LogP contribution is -2.41. The van der Waals surface area contributed by atoms with Gasteiger partial charge in [0, 0.05) is 37.4 Å². The summed E-state index contributed by atoms with van der Waals surface area (Å²) in [6.45, 7) is 1.60.